The van der Waals surface area contributed by atoms with Gasteiger partial charge in [-0.3, -0.25) is 14.4 Å². The number of ether oxygens (including phenoxy) is 1. The number of rotatable bonds is 8. The first-order valence-corrected chi connectivity index (χ1v) is 10.0. The molecule has 0 aliphatic carbocycles. The third-order valence-corrected chi connectivity index (χ3v) is 5.87. The molecule has 0 N–H and O–H groups in total. The van der Waals surface area contributed by atoms with Crippen molar-refractivity contribution in [2.75, 3.05) is 13.6 Å². The Balaban J connectivity index is 2.04. The first-order chi connectivity index (χ1) is 13.1. The summed E-state index contributed by atoms with van der Waals surface area (Å²) in [6.45, 7) is 2.64. The van der Waals surface area contributed by atoms with E-state index >= 15 is 0 Å². The molecule has 0 heterocycles. The van der Waals surface area contributed by atoms with Crippen molar-refractivity contribution in [3.05, 3.63) is 59.7 Å². The highest BCUT2D eigenvalue weighted by Gasteiger charge is 2.24. The maximum atomic E-state index is 12.5. The second-order valence-corrected chi connectivity index (χ2v) is 8.16. The largest absolute Gasteiger partial charge is 0.426 e. The number of hydrogen-bond acceptors (Lipinski definition) is 6. The Morgan fingerprint density at radius 2 is 1.46 bits per heavy atom. The summed E-state index contributed by atoms with van der Waals surface area (Å²) in [6, 6.07) is 11.5. The van der Waals surface area contributed by atoms with Crippen molar-refractivity contribution in [2.45, 2.75) is 25.2 Å². The average Bonchev–Trinajstić information content (AvgIpc) is 2.67. The van der Waals surface area contributed by atoms with Crippen LogP contribution in [0.3, 0.4) is 0 Å². The third kappa shape index (κ3) is 5.11. The Labute approximate surface area is 164 Å². The van der Waals surface area contributed by atoms with Crippen molar-refractivity contribution in [3.63, 3.8) is 0 Å². The summed E-state index contributed by atoms with van der Waals surface area (Å²) in [5.41, 5.74) is 0.905. The molecule has 0 aliphatic heterocycles. The number of sulfonamides is 1. The molecule has 0 radical (unpaired) electrons. The number of carbonyl (C=O) groups excluding carboxylic acids is 3. The molecule has 148 valence electrons. The number of hydrogen-bond donors (Lipinski definition) is 0. The second kappa shape index (κ2) is 8.90. The molecule has 0 aromatic heterocycles. The number of esters is 1. The van der Waals surface area contributed by atoms with Crippen molar-refractivity contribution in [1.82, 2.24) is 4.31 Å². The van der Waals surface area contributed by atoms with E-state index < -0.39 is 22.5 Å². The SMILES string of the molecule is CCC(=O)c1ccc(OC(=O)CN(C)S(=O)(=O)c2ccc(C(C)=O)cc2)cc1. The van der Waals surface area contributed by atoms with Gasteiger partial charge in [-0.05, 0) is 43.3 Å². The molecule has 0 aliphatic rings. The first kappa shape index (κ1) is 21.5. The minimum absolute atomic E-state index is 0.0282. The topological polar surface area (TPSA) is 97.8 Å². The van der Waals surface area contributed by atoms with Crippen LogP contribution in [0.15, 0.2) is 53.4 Å². The minimum atomic E-state index is -3.91. The van der Waals surface area contributed by atoms with Gasteiger partial charge in [-0.2, -0.15) is 4.31 Å². The van der Waals surface area contributed by atoms with Gasteiger partial charge in [-0.1, -0.05) is 19.1 Å². The Hall–Kier alpha value is -2.84. The molecular weight excluding hydrogens is 382 g/mol. The van der Waals surface area contributed by atoms with Gasteiger partial charge in [0.15, 0.2) is 11.6 Å². The van der Waals surface area contributed by atoms with Crippen molar-refractivity contribution in [1.29, 1.82) is 0 Å². The van der Waals surface area contributed by atoms with E-state index in [0.717, 1.165) is 4.31 Å². The van der Waals surface area contributed by atoms with Gasteiger partial charge in [0, 0.05) is 24.6 Å². The Morgan fingerprint density at radius 3 is 1.96 bits per heavy atom. The predicted octanol–water partition coefficient (Wildman–Crippen LogP) is 2.71. The van der Waals surface area contributed by atoms with Crippen LogP contribution in [0.4, 0.5) is 0 Å². The van der Waals surface area contributed by atoms with Crippen LogP contribution in [-0.4, -0.2) is 43.9 Å². The normalized spacial score (nSPS) is 11.3. The van der Waals surface area contributed by atoms with Crippen LogP contribution in [0.25, 0.3) is 0 Å². The molecule has 8 heteroatoms. The number of carbonyl (C=O) groups is 3. The van der Waals surface area contributed by atoms with Crippen molar-refractivity contribution >= 4 is 27.6 Å². The number of ketones is 2. The molecule has 0 unspecified atom stereocenters. The smallest absolute Gasteiger partial charge is 0.326 e. The summed E-state index contributed by atoms with van der Waals surface area (Å²) < 4.78 is 31.1. The molecule has 0 saturated carbocycles. The van der Waals surface area contributed by atoms with Crippen LogP contribution in [0.5, 0.6) is 5.75 Å². The van der Waals surface area contributed by atoms with E-state index in [2.05, 4.69) is 0 Å². The van der Waals surface area contributed by atoms with Crippen molar-refractivity contribution in [3.8, 4) is 5.75 Å². The summed E-state index contributed by atoms with van der Waals surface area (Å²) in [5.74, 6) is -0.748. The fourth-order valence-electron chi connectivity index (χ4n) is 2.39. The molecular formula is C20H21NO6S. The molecule has 0 fully saturated rings. The van der Waals surface area contributed by atoms with Crippen molar-refractivity contribution in [2.24, 2.45) is 0 Å². The standard InChI is InChI=1S/C20H21NO6S/c1-4-19(23)16-5-9-17(10-6-16)27-20(24)13-21(3)28(25,26)18-11-7-15(8-12-18)14(2)22/h5-12H,4,13H2,1-3H3. The lowest BCUT2D eigenvalue weighted by molar-refractivity contribution is -0.134. The Kier molecular flexibility index (Phi) is 6.82. The summed E-state index contributed by atoms with van der Waals surface area (Å²) >= 11 is 0. The summed E-state index contributed by atoms with van der Waals surface area (Å²) in [6.07, 6.45) is 0.370. The number of Topliss-reactive ketones (excluding diaryl/α,β-unsaturated/α-hetero) is 2. The van der Waals surface area contributed by atoms with E-state index in [9.17, 15) is 22.8 Å². The highest BCUT2D eigenvalue weighted by atomic mass is 32.2. The first-order valence-electron chi connectivity index (χ1n) is 8.56. The Morgan fingerprint density at radius 1 is 0.929 bits per heavy atom. The predicted molar refractivity (Wildman–Crippen MR) is 103 cm³/mol. The van der Waals surface area contributed by atoms with Gasteiger partial charge in [0.05, 0.1) is 4.90 Å². The molecule has 0 atom stereocenters. The number of benzene rings is 2. The third-order valence-electron chi connectivity index (χ3n) is 4.05. The maximum absolute atomic E-state index is 12.5. The highest BCUT2D eigenvalue weighted by molar-refractivity contribution is 7.89. The average molecular weight is 403 g/mol. The molecule has 0 saturated heterocycles. The van der Waals surface area contributed by atoms with E-state index in [1.807, 2.05) is 0 Å². The van der Waals surface area contributed by atoms with Crippen LogP contribution in [0, 0.1) is 0 Å². The zero-order chi connectivity index (χ0) is 20.9. The quantitative estimate of drug-likeness (QED) is 0.382. The summed E-state index contributed by atoms with van der Waals surface area (Å²) in [4.78, 5) is 34.9. The fraction of sp³-hybridized carbons (Fsp3) is 0.250. The number of nitrogens with zero attached hydrogens (tertiary/aromatic N) is 1. The lowest BCUT2D eigenvalue weighted by atomic mass is 10.1. The zero-order valence-corrected chi connectivity index (χ0v) is 16.7. The monoisotopic (exact) mass is 403 g/mol. The van der Waals surface area contributed by atoms with Crippen LogP contribution < -0.4 is 4.74 Å². The molecule has 2 aromatic rings. The van der Waals surface area contributed by atoms with Gasteiger partial charge in [-0.25, -0.2) is 8.42 Å². The lowest BCUT2D eigenvalue weighted by Gasteiger charge is -2.16. The summed E-state index contributed by atoms with van der Waals surface area (Å²) in [7, 11) is -2.65. The van der Waals surface area contributed by atoms with Gasteiger partial charge in [0.25, 0.3) is 0 Å². The fourth-order valence-corrected chi connectivity index (χ4v) is 3.50. The molecule has 2 rings (SSSR count). The van der Waals surface area contributed by atoms with Gasteiger partial charge < -0.3 is 4.74 Å². The molecule has 2 aromatic carbocycles. The highest BCUT2D eigenvalue weighted by Crippen LogP contribution is 2.17. The van der Waals surface area contributed by atoms with Crippen LogP contribution in [0.2, 0.25) is 0 Å². The number of likely N-dealkylation sites (N-methyl/N-ethyl adjacent to an activating group) is 1. The van der Waals surface area contributed by atoms with E-state index in [1.165, 1.54) is 50.4 Å². The Bertz CT molecular complexity index is 978. The van der Waals surface area contributed by atoms with E-state index in [0.29, 0.717) is 17.5 Å². The molecule has 28 heavy (non-hydrogen) atoms. The van der Waals surface area contributed by atoms with E-state index in [4.69, 9.17) is 4.74 Å². The summed E-state index contributed by atoms with van der Waals surface area (Å²) in [5, 5.41) is 0. The molecule has 0 spiro atoms. The maximum Gasteiger partial charge on any atom is 0.326 e. The van der Waals surface area contributed by atoms with Crippen LogP contribution in [0.1, 0.15) is 41.0 Å². The van der Waals surface area contributed by atoms with Gasteiger partial charge in [-0.15, -0.1) is 0 Å². The van der Waals surface area contributed by atoms with Gasteiger partial charge in [0.2, 0.25) is 10.0 Å². The minimum Gasteiger partial charge on any atom is -0.426 e. The lowest BCUT2D eigenvalue weighted by Crippen LogP contribution is -2.34. The molecule has 0 amide bonds. The second-order valence-electron chi connectivity index (χ2n) is 6.12. The zero-order valence-electron chi connectivity index (χ0n) is 15.8. The molecule has 0 bridgehead atoms. The van der Waals surface area contributed by atoms with Gasteiger partial charge in [0.1, 0.15) is 12.3 Å². The molecule has 7 nitrogen and oxygen atoms in total. The van der Waals surface area contributed by atoms with Crippen LogP contribution in [-0.2, 0) is 14.8 Å². The van der Waals surface area contributed by atoms with E-state index in [-0.39, 0.29) is 22.2 Å². The van der Waals surface area contributed by atoms with Crippen molar-refractivity contribution < 1.29 is 27.5 Å². The van der Waals surface area contributed by atoms with Gasteiger partial charge >= 0.3 is 5.97 Å². The van der Waals surface area contributed by atoms with E-state index in [1.54, 1.807) is 19.1 Å². The van der Waals surface area contributed by atoms with Crippen LogP contribution >= 0.6 is 0 Å².